The molecule has 0 aliphatic carbocycles. The van der Waals surface area contributed by atoms with Crippen molar-refractivity contribution in [3.63, 3.8) is 0 Å². The first kappa shape index (κ1) is 9.43. The van der Waals surface area contributed by atoms with E-state index in [4.69, 9.17) is 9.84 Å². The van der Waals surface area contributed by atoms with Crippen molar-refractivity contribution in [2.45, 2.75) is 20.3 Å². The van der Waals surface area contributed by atoms with Gasteiger partial charge in [-0.3, -0.25) is 4.79 Å². The summed E-state index contributed by atoms with van der Waals surface area (Å²) in [6.07, 6.45) is 0.600. The van der Waals surface area contributed by atoms with Crippen molar-refractivity contribution >= 4 is 5.97 Å². The number of hydrogen-bond donors (Lipinski definition) is 1. The van der Waals surface area contributed by atoms with E-state index in [0.29, 0.717) is 19.6 Å². The number of carboxylic acid groups (broad SMARTS) is 1. The van der Waals surface area contributed by atoms with Gasteiger partial charge in [-0.2, -0.15) is 0 Å². The summed E-state index contributed by atoms with van der Waals surface area (Å²) in [5.41, 5.74) is 0. The van der Waals surface area contributed by atoms with Crippen molar-refractivity contribution in [3.05, 3.63) is 0 Å². The molecule has 1 unspecified atom stereocenters. The molecule has 0 spiro atoms. The molecule has 0 aliphatic rings. The van der Waals surface area contributed by atoms with Crippen LogP contribution in [0.4, 0.5) is 0 Å². The van der Waals surface area contributed by atoms with Crippen LogP contribution in [0.5, 0.6) is 0 Å². The third-order valence-electron chi connectivity index (χ3n) is 1.32. The average molecular weight is 146 g/mol. The molecule has 0 saturated heterocycles. The second kappa shape index (κ2) is 5.23. The second-order valence-corrected chi connectivity index (χ2v) is 2.22. The van der Waals surface area contributed by atoms with Crippen LogP contribution >= 0.6 is 0 Å². The molecule has 0 heterocycles. The van der Waals surface area contributed by atoms with Gasteiger partial charge in [-0.1, -0.05) is 6.92 Å². The van der Waals surface area contributed by atoms with Crippen LogP contribution in [0.15, 0.2) is 0 Å². The molecule has 0 amide bonds. The van der Waals surface area contributed by atoms with Crippen molar-refractivity contribution in [2.24, 2.45) is 5.92 Å². The first-order chi connectivity index (χ1) is 4.68. The molecule has 0 radical (unpaired) electrons. The van der Waals surface area contributed by atoms with Gasteiger partial charge in [0.15, 0.2) is 0 Å². The number of rotatable bonds is 5. The topological polar surface area (TPSA) is 46.5 Å². The standard InChI is InChI=1S/C7H14O3/c1-3-10-5-4-6(2)7(8)9/h6H,3-5H2,1-2H3,(H,8,9). The Kier molecular flexibility index (Phi) is 4.94. The Morgan fingerprint density at radius 3 is 2.70 bits per heavy atom. The van der Waals surface area contributed by atoms with E-state index in [0.717, 1.165) is 0 Å². The third-order valence-corrected chi connectivity index (χ3v) is 1.32. The lowest BCUT2D eigenvalue weighted by Crippen LogP contribution is -2.11. The third kappa shape index (κ3) is 4.32. The molecule has 0 aromatic rings. The largest absolute Gasteiger partial charge is 0.481 e. The highest BCUT2D eigenvalue weighted by Crippen LogP contribution is 2.00. The molecule has 0 aromatic carbocycles. The van der Waals surface area contributed by atoms with E-state index in [9.17, 15) is 4.79 Å². The van der Waals surface area contributed by atoms with Gasteiger partial charge in [-0.25, -0.2) is 0 Å². The lowest BCUT2D eigenvalue weighted by Gasteiger charge is -2.04. The normalized spacial score (nSPS) is 13.0. The SMILES string of the molecule is CCOCCC(C)C(=O)O. The van der Waals surface area contributed by atoms with Crippen molar-refractivity contribution in [3.8, 4) is 0 Å². The monoisotopic (exact) mass is 146 g/mol. The van der Waals surface area contributed by atoms with E-state index in [1.807, 2.05) is 6.92 Å². The Morgan fingerprint density at radius 1 is 1.70 bits per heavy atom. The molecule has 0 aromatic heterocycles. The van der Waals surface area contributed by atoms with Crippen molar-refractivity contribution in [1.82, 2.24) is 0 Å². The minimum Gasteiger partial charge on any atom is -0.481 e. The molecule has 60 valence electrons. The zero-order valence-electron chi connectivity index (χ0n) is 6.46. The Morgan fingerprint density at radius 2 is 2.30 bits per heavy atom. The average Bonchev–Trinajstić information content (AvgIpc) is 1.88. The van der Waals surface area contributed by atoms with Crippen LogP contribution in [0, 0.1) is 5.92 Å². The van der Waals surface area contributed by atoms with Gasteiger partial charge < -0.3 is 9.84 Å². The summed E-state index contributed by atoms with van der Waals surface area (Å²) in [4.78, 5) is 10.2. The maximum Gasteiger partial charge on any atom is 0.306 e. The predicted octanol–water partition coefficient (Wildman–Crippen LogP) is 1.13. The second-order valence-electron chi connectivity index (χ2n) is 2.22. The van der Waals surface area contributed by atoms with Gasteiger partial charge >= 0.3 is 5.97 Å². The molecule has 1 atom stereocenters. The van der Waals surface area contributed by atoms with E-state index in [2.05, 4.69) is 0 Å². The minimum atomic E-state index is -0.750. The van der Waals surface area contributed by atoms with Crippen LogP contribution in [0.3, 0.4) is 0 Å². The lowest BCUT2D eigenvalue weighted by molar-refractivity contribution is -0.141. The zero-order valence-corrected chi connectivity index (χ0v) is 6.46. The summed E-state index contributed by atoms with van der Waals surface area (Å²) < 4.78 is 4.99. The summed E-state index contributed by atoms with van der Waals surface area (Å²) in [5, 5.41) is 8.43. The fourth-order valence-electron chi connectivity index (χ4n) is 0.528. The smallest absolute Gasteiger partial charge is 0.306 e. The summed E-state index contributed by atoms with van der Waals surface area (Å²) in [6.45, 7) is 4.78. The van der Waals surface area contributed by atoms with Gasteiger partial charge in [-0.15, -0.1) is 0 Å². The van der Waals surface area contributed by atoms with Crippen molar-refractivity contribution < 1.29 is 14.6 Å². The van der Waals surface area contributed by atoms with Crippen molar-refractivity contribution in [1.29, 1.82) is 0 Å². The molecule has 0 rings (SSSR count). The summed E-state index contributed by atoms with van der Waals surface area (Å²) in [7, 11) is 0. The number of hydrogen-bond acceptors (Lipinski definition) is 2. The molecule has 3 nitrogen and oxygen atoms in total. The number of ether oxygens (including phenoxy) is 1. The fourth-order valence-corrected chi connectivity index (χ4v) is 0.528. The predicted molar refractivity (Wildman–Crippen MR) is 37.9 cm³/mol. The maximum absolute atomic E-state index is 10.2. The summed E-state index contributed by atoms with van der Waals surface area (Å²) >= 11 is 0. The zero-order chi connectivity index (χ0) is 7.98. The van der Waals surface area contributed by atoms with Gasteiger partial charge in [0.05, 0.1) is 5.92 Å². The molecule has 3 heteroatoms. The number of carboxylic acids is 1. The Hall–Kier alpha value is -0.570. The van der Waals surface area contributed by atoms with Gasteiger partial charge in [0.25, 0.3) is 0 Å². The Bertz CT molecular complexity index is 101. The lowest BCUT2D eigenvalue weighted by atomic mass is 10.1. The van der Waals surface area contributed by atoms with Crippen molar-refractivity contribution in [2.75, 3.05) is 13.2 Å². The molecule has 0 fully saturated rings. The summed E-state index contributed by atoms with van der Waals surface area (Å²) in [6, 6.07) is 0. The molecule has 10 heavy (non-hydrogen) atoms. The molecule has 0 aliphatic heterocycles. The van der Waals surface area contributed by atoms with Gasteiger partial charge in [0, 0.05) is 13.2 Å². The van der Waals surface area contributed by atoms with Gasteiger partial charge in [-0.05, 0) is 13.3 Å². The van der Waals surface area contributed by atoms with Crippen LogP contribution in [0.2, 0.25) is 0 Å². The van der Waals surface area contributed by atoms with Crippen LogP contribution in [0.25, 0.3) is 0 Å². The molecular weight excluding hydrogens is 132 g/mol. The Balaban J connectivity index is 3.21. The van der Waals surface area contributed by atoms with Gasteiger partial charge in [0.1, 0.15) is 0 Å². The number of carbonyl (C=O) groups is 1. The Labute approximate surface area is 61.0 Å². The van der Waals surface area contributed by atoms with Crippen LogP contribution < -0.4 is 0 Å². The molecule has 1 N–H and O–H groups in total. The van der Waals surface area contributed by atoms with E-state index in [1.54, 1.807) is 6.92 Å². The van der Waals surface area contributed by atoms with Crippen LogP contribution in [-0.4, -0.2) is 24.3 Å². The van der Waals surface area contributed by atoms with E-state index in [-0.39, 0.29) is 5.92 Å². The van der Waals surface area contributed by atoms with E-state index >= 15 is 0 Å². The first-order valence-electron chi connectivity index (χ1n) is 3.49. The van der Waals surface area contributed by atoms with E-state index < -0.39 is 5.97 Å². The minimum absolute atomic E-state index is 0.286. The molecular formula is C7H14O3. The molecule has 0 bridgehead atoms. The highest BCUT2D eigenvalue weighted by atomic mass is 16.5. The quantitative estimate of drug-likeness (QED) is 0.591. The summed E-state index contributed by atoms with van der Waals surface area (Å²) in [5.74, 6) is -1.04. The molecule has 0 saturated carbocycles. The van der Waals surface area contributed by atoms with Gasteiger partial charge in [0.2, 0.25) is 0 Å². The first-order valence-corrected chi connectivity index (χ1v) is 3.49. The fraction of sp³-hybridized carbons (Fsp3) is 0.857. The van der Waals surface area contributed by atoms with E-state index in [1.165, 1.54) is 0 Å². The highest BCUT2D eigenvalue weighted by molar-refractivity contribution is 5.69. The maximum atomic E-state index is 10.2. The number of aliphatic carboxylic acids is 1. The van der Waals surface area contributed by atoms with Crippen LogP contribution in [0.1, 0.15) is 20.3 Å². The van der Waals surface area contributed by atoms with Crippen LogP contribution in [-0.2, 0) is 9.53 Å². The highest BCUT2D eigenvalue weighted by Gasteiger charge is 2.09.